The predicted octanol–water partition coefficient (Wildman–Crippen LogP) is 0.919. The van der Waals surface area contributed by atoms with Crippen LogP contribution in [0.25, 0.3) is 0 Å². The summed E-state index contributed by atoms with van der Waals surface area (Å²) in [6.45, 7) is 3.33. The summed E-state index contributed by atoms with van der Waals surface area (Å²) in [4.78, 5) is 22.1. The van der Waals surface area contributed by atoms with E-state index in [1.165, 1.54) is 19.2 Å². The van der Waals surface area contributed by atoms with E-state index in [0.29, 0.717) is 17.0 Å². The summed E-state index contributed by atoms with van der Waals surface area (Å²) in [6.07, 6.45) is 1.12. The highest BCUT2D eigenvalue weighted by Gasteiger charge is 2.08. The van der Waals surface area contributed by atoms with Gasteiger partial charge in [0.25, 0.3) is 0 Å². The Bertz CT molecular complexity index is 441. The molecule has 0 saturated heterocycles. The van der Waals surface area contributed by atoms with Crippen molar-refractivity contribution in [2.75, 3.05) is 12.4 Å². The van der Waals surface area contributed by atoms with Gasteiger partial charge in [0, 0.05) is 5.56 Å². The Morgan fingerprint density at radius 3 is 2.69 bits per heavy atom. The third-order valence-corrected chi connectivity index (χ3v) is 1.93. The molecule has 0 aliphatic heterocycles. The lowest BCUT2D eigenvalue weighted by molar-refractivity contribution is -0.111. The number of nitrogens with two attached hydrogens (primary N) is 1. The number of primary amides is 1. The maximum atomic E-state index is 11.1. The second-order valence-electron chi connectivity index (χ2n) is 2.97. The van der Waals surface area contributed by atoms with Gasteiger partial charge in [-0.1, -0.05) is 6.58 Å². The Kier molecular flexibility index (Phi) is 3.66. The zero-order valence-electron chi connectivity index (χ0n) is 8.82. The van der Waals surface area contributed by atoms with Gasteiger partial charge in [-0.2, -0.15) is 0 Å². The van der Waals surface area contributed by atoms with E-state index in [4.69, 9.17) is 10.5 Å². The molecule has 0 radical (unpaired) electrons. The van der Waals surface area contributed by atoms with Crippen LogP contribution in [-0.4, -0.2) is 18.9 Å². The van der Waals surface area contributed by atoms with E-state index in [1.807, 2.05) is 0 Å². The normalized spacial score (nSPS) is 9.31. The van der Waals surface area contributed by atoms with E-state index >= 15 is 0 Å². The first-order chi connectivity index (χ1) is 7.58. The van der Waals surface area contributed by atoms with Gasteiger partial charge in [-0.05, 0) is 24.3 Å². The van der Waals surface area contributed by atoms with Crippen molar-refractivity contribution in [3.63, 3.8) is 0 Å². The Morgan fingerprint density at radius 2 is 2.19 bits per heavy atom. The third kappa shape index (κ3) is 2.60. The van der Waals surface area contributed by atoms with E-state index in [0.717, 1.165) is 6.08 Å². The summed E-state index contributed by atoms with van der Waals surface area (Å²) in [7, 11) is 1.46. The van der Waals surface area contributed by atoms with Gasteiger partial charge in [-0.25, -0.2) is 0 Å². The number of nitrogens with one attached hydrogen (secondary N) is 1. The fourth-order valence-corrected chi connectivity index (χ4v) is 1.14. The smallest absolute Gasteiger partial charge is 0.248 e. The molecule has 0 aliphatic carbocycles. The number of hydrogen-bond acceptors (Lipinski definition) is 3. The molecule has 16 heavy (non-hydrogen) atoms. The molecule has 0 aliphatic rings. The van der Waals surface area contributed by atoms with Crippen LogP contribution in [-0.2, 0) is 4.79 Å². The maximum absolute atomic E-state index is 11.1. The first-order valence-corrected chi connectivity index (χ1v) is 4.49. The van der Waals surface area contributed by atoms with Crippen LogP contribution in [0.5, 0.6) is 5.75 Å². The Morgan fingerprint density at radius 1 is 1.50 bits per heavy atom. The molecule has 0 bridgehead atoms. The molecule has 0 saturated carbocycles. The van der Waals surface area contributed by atoms with Gasteiger partial charge in [0.2, 0.25) is 11.8 Å². The molecule has 0 fully saturated rings. The van der Waals surface area contributed by atoms with Gasteiger partial charge in [0.1, 0.15) is 5.75 Å². The fourth-order valence-electron chi connectivity index (χ4n) is 1.14. The Balaban J connectivity index is 3.11. The highest BCUT2D eigenvalue weighted by molar-refractivity contribution is 6.01. The first-order valence-electron chi connectivity index (χ1n) is 4.49. The molecular formula is C11H12N2O3. The van der Waals surface area contributed by atoms with Crippen LogP contribution >= 0.6 is 0 Å². The second-order valence-corrected chi connectivity index (χ2v) is 2.97. The molecule has 2 amide bonds. The summed E-state index contributed by atoms with van der Waals surface area (Å²) < 4.78 is 5.02. The average Bonchev–Trinajstić information content (AvgIpc) is 2.28. The molecule has 5 heteroatoms. The van der Waals surface area contributed by atoms with Crippen LogP contribution in [0.1, 0.15) is 10.4 Å². The SMILES string of the molecule is C=CC(=O)Nc1cc(C(N)=O)ccc1OC. The number of amides is 2. The maximum Gasteiger partial charge on any atom is 0.248 e. The van der Waals surface area contributed by atoms with Crippen molar-refractivity contribution in [2.24, 2.45) is 5.73 Å². The quantitative estimate of drug-likeness (QED) is 0.740. The molecule has 1 rings (SSSR count). The third-order valence-electron chi connectivity index (χ3n) is 1.93. The average molecular weight is 220 g/mol. The van der Waals surface area contributed by atoms with Crippen LogP contribution in [0.3, 0.4) is 0 Å². The van der Waals surface area contributed by atoms with Crippen molar-refractivity contribution < 1.29 is 14.3 Å². The van der Waals surface area contributed by atoms with Crippen molar-refractivity contribution in [3.8, 4) is 5.75 Å². The number of carbonyl (C=O) groups is 2. The molecule has 0 aromatic heterocycles. The van der Waals surface area contributed by atoms with Crippen molar-refractivity contribution in [2.45, 2.75) is 0 Å². The van der Waals surface area contributed by atoms with Crippen LogP contribution in [0, 0.1) is 0 Å². The van der Waals surface area contributed by atoms with Gasteiger partial charge in [-0.3, -0.25) is 9.59 Å². The highest BCUT2D eigenvalue weighted by Crippen LogP contribution is 2.25. The molecule has 1 aromatic rings. The van der Waals surface area contributed by atoms with Crippen LogP contribution in [0.4, 0.5) is 5.69 Å². The molecule has 5 nitrogen and oxygen atoms in total. The molecule has 1 aromatic carbocycles. The first kappa shape index (κ1) is 11.8. The van der Waals surface area contributed by atoms with Crippen molar-refractivity contribution in [1.82, 2.24) is 0 Å². The van der Waals surface area contributed by atoms with E-state index in [-0.39, 0.29) is 5.91 Å². The van der Waals surface area contributed by atoms with Gasteiger partial charge in [0.05, 0.1) is 12.8 Å². The monoisotopic (exact) mass is 220 g/mol. The predicted molar refractivity (Wildman–Crippen MR) is 60.3 cm³/mol. The van der Waals surface area contributed by atoms with Crippen molar-refractivity contribution in [1.29, 1.82) is 0 Å². The number of ether oxygens (including phenoxy) is 1. The van der Waals surface area contributed by atoms with Crippen molar-refractivity contribution in [3.05, 3.63) is 36.4 Å². The zero-order chi connectivity index (χ0) is 12.1. The highest BCUT2D eigenvalue weighted by atomic mass is 16.5. The lowest BCUT2D eigenvalue weighted by Gasteiger charge is -2.09. The minimum absolute atomic E-state index is 0.292. The molecule has 0 spiro atoms. The van der Waals surface area contributed by atoms with E-state index < -0.39 is 5.91 Å². The lowest BCUT2D eigenvalue weighted by atomic mass is 10.1. The summed E-state index contributed by atoms with van der Waals surface area (Å²) in [5.41, 5.74) is 5.80. The number of methoxy groups -OCH3 is 1. The van der Waals surface area contributed by atoms with Crippen LogP contribution in [0.2, 0.25) is 0 Å². The zero-order valence-corrected chi connectivity index (χ0v) is 8.82. The topological polar surface area (TPSA) is 81.4 Å². The number of benzene rings is 1. The summed E-state index contributed by atoms with van der Waals surface area (Å²) in [6, 6.07) is 4.52. The van der Waals surface area contributed by atoms with Gasteiger partial charge in [0.15, 0.2) is 0 Å². The standard InChI is InChI=1S/C11H12N2O3/c1-3-10(14)13-8-6-7(11(12)15)4-5-9(8)16-2/h3-6H,1H2,2H3,(H2,12,15)(H,13,14). The van der Waals surface area contributed by atoms with E-state index in [2.05, 4.69) is 11.9 Å². The molecule has 84 valence electrons. The Labute approximate surface area is 92.9 Å². The lowest BCUT2D eigenvalue weighted by Crippen LogP contribution is -2.13. The Hall–Kier alpha value is -2.30. The molecule has 0 heterocycles. The molecular weight excluding hydrogens is 208 g/mol. The van der Waals surface area contributed by atoms with E-state index in [1.54, 1.807) is 6.07 Å². The van der Waals surface area contributed by atoms with Crippen LogP contribution in [0.15, 0.2) is 30.9 Å². The van der Waals surface area contributed by atoms with Gasteiger partial charge in [-0.15, -0.1) is 0 Å². The van der Waals surface area contributed by atoms with Gasteiger partial charge >= 0.3 is 0 Å². The number of rotatable bonds is 4. The number of anilines is 1. The van der Waals surface area contributed by atoms with Gasteiger partial charge < -0.3 is 15.8 Å². The second kappa shape index (κ2) is 4.97. The molecule has 3 N–H and O–H groups in total. The summed E-state index contributed by atoms with van der Waals surface area (Å²) in [5, 5.41) is 2.52. The summed E-state index contributed by atoms with van der Waals surface area (Å²) >= 11 is 0. The minimum Gasteiger partial charge on any atom is -0.495 e. The molecule has 0 unspecified atom stereocenters. The number of carbonyl (C=O) groups excluding carboxylic acids is 2. The van der Waals surface area contributed by atoms with Crippen LogP contribution < -0.4 is 15.8 Å². The summed E-state index contributed by atoms with van der Waals surface area (Å²) in [5.74, 6) is -0.517. The van der Waals surface area contributed by atoms with E-state index in [9.17, 15) is 9.59 Å². The van der Waals surface area contributed by atoms with Crippen molar-refractivity contribution >= 4 is 17.5 Å². The largest absolute Gasteiger partial charge is 0.495 e. The molecule has 0 atom stereocenters. The fraction of sp³-hybridized carbons (Fsp3) is 0.0909. The minimum atomic E-state index is -0.572. The number of hydrogen-bond donors (Lipinski definition) is 2.